The van der Waals surface area contributed by atoms with Crippen LogP contribution in [0.25, 0.3) is 0 Å². The van der Waals surface area contributed by atoms with Crippen LogP contribution in [0, 0.1) is 13.8 Å². The molecular formula is C12H15N5O. The van der Waals surface area contributed by atoms with Gasteiger partial charge in [-0.25, -0.2) is 15.0 Å². The first-order valence-corrected chi connectivity index (χ1v) is 5.59. The molecule has 2 aromatic rings. The molecule has 0 radical (unpaired) electrons. The van der Waals surface area contributed by atoms with Gasteiger partial charge in [0, 0.05) is 18.0 Å². The van der Waals surface area contributed by atoms with Crippen molar-refractivity contribution in [3.05, 3.63) is 35.5 Å². The molecule has 2 heterocycles. The lowest BCUT2D eigenvalue weighted by molar-refractivity contribution is 0.397. The van der Waals surface area contributed by atoms with Gasteiger partial charge in [0.2, 0.25) is 11.8 Å². The van der Waals surface area contributed by atoms with Gasteiger partial charge in [-0.3, -0.25) is 0 Å². The Morgan fingerprint density at radius 1 is 1.22 bits per heavy atom. The third kappa shape index (κ3) is 3.13. The second-order valence-electron chi connectivity index (χ2n) is 3.82. The Bertz CT molecular complexity index is 544. The average molecular weight is 245 g/mol. The second-order valence-corrected chi connectivity index (χ2v) is 3.82. The third-order valence-corrected chi connectivity index (χ3v) is 2.30. The van der Waals surface area contributed by atoms with Crippen LogP contribution in [0.2, 0.25) is 0 Å². The van der Waals surface area contributed by atoms with Crippen molar-refractivity contribution >= 4 is 5.95 Å². The molecule has 2 rings (SSSR count). The number of ether oxygens (including phenoxy) is 1. The van der Waals surface area contributed by atoms with E-state index in [1.807, 2.05) is 19.9 Å². The zero-order valence-corrected chi connectivity index (χ0v) is 10.6. The van der Waals surface area contributed by atoms with Crippen LogP contribution in [0.5, 0.6) is 5.88 Å². The molecule has 1 N–H and O–H groups in total. The van der Waals surface area contributed by atoms with Gasteiger partial charge in [0.15, 0.2) is 0 Å². The molecule has 94 valence electrons. The average Bonchev–Trinajstić information content (AvgIpc) is 2.36. The lowest BCUT2D eigenvalue weighted by Gasteiger charge is -2.07. The van der Waals surface area contributed by atoms with E-state index in [0.29, 0.717) is 18.4 Å². The number of methoxy groups -OCH3 is 1. The molecule has 0 saturated carbocycles. The van der Waals surface area contributed by atoms with Crippen molar-refractivity contribution in [1.82, 2.24) is 19.9 Å². The summed E-state index contributed by atoms with van der Waals surface area (Å²) in [5.41, 5.74) is 1.75. The standard InChI is InChI=1S/C12H15N5O/c1-8-6-11(18-3)17-12(15-8)14-7-10-4-5-13-9(2)16-10/h4-6H,7H2,1-3H3,(H,14,15,17). The molecule has 0 aliphatic rings. The number of rotatable bonds is 4. The zero-order valence-electron chi connectivity index (χ0n) is 10.6. The maximum atomic E-state index is 5.09. The predicted octanol–water partition coefficient (Wildman–Crippen LogP) is 1.50. The van der Waals surface area contributed by atoms with E-state index in [1.54, 1.807) is 19.4 Å². The summed E-state index contributed by atoms with van der Waals surface area (Å²) in [6.07, 6.45) is 1.73. The van der Waals surface area contributed by atoms with Gasteiger partial charge in [-0.15, -0.1) is 0 Å². The van der Waals surface area contributed by atoms with Gasteiger partial charge in [0.25, 0.3) is 0 Å². The van der Waals surface area contributed by atoms with Crippen molar-refractivity contribution in [2.75, 3.05) is 12.4 Å². The number of aromatic nitrogens is 4. The molecule has 0 bridgehead atoms. The van der Waals surface area contributed by atoms with Gasteiger partial charge in [-0.1, -0.05) is 0 Å². The van der Waals surface area contributed by atoms with Crippen LogP contribution < -0.4 is 10.1 Å². The summed E-state index contributed by atoms with van der Waals surface area (Å²) in [6.45, 7) is 4.30. The Hall–Kier alpha value is -2.24. The van der Waals surface area contributed by atoms with Crippen molar-refractivity contribution in [2.45, 2.75) is 20.4 Å². The van der Waals surface area contributed by atoms with Crippen molar-refractivity contribution in [3.63, 3.8) is 0 Å². The second kappa shape index (κ2) is 5.39. The minimum absolute atomic E-state index is 0.531. The number of hydrogen-bond acceptors (Lipinski definition) is 6. The molecule has 0 aliphatic carbocycles. The first-order chi connectivity index (χ1) is 8.67. The number of nitrogens with zero attached hydrogens (tertiary/aromatic N) is 4. The van der Waals surface area contributed by atoms with E-state index in [-0.39, 0.29) is 0 Å². The molecular weight excluding hydrogens is 230 g/mol. The highest BCUT2D eigenvalue weighted by Crippen LogP contribution is 2.11. The Balaban J connectivity index is 2.08. The minimum Gasteiger partial charge on any atom is -0.481 e. The maximum Gasteiger partial charge on any atom is 0.226 e. The van der Waals surface area contributed by atoms with Crippen LogP contribution in [-0.4, -0.2) is 27.0 Å². The first-order valence-electron chi connectivity index (χ1n) is 5.59. The normalized spacial score (nSPS) is 10.2. The largest absolute Gasteiger partial charge is 0.481 e. The molecule has 18 heavy (non-hydrogen) atoms. The quantitative estimate of drug-likeness (QED) is 0.880. The molecule has 2 aromatic heterocycles. The van der Waals surface area contributed by atoms with Crippen molar-refractivity contribution in [2.24, 2.45) is 0 Å². The van der Waals surface area contributed by atoms with E-state index in [9.17, 15) is 0 Å². The van der Waals surface area contributed by atoms with Gasteiger partial charge in [0.05, 0.1) is 19.3 Å². The van der Waals surface area contributed by atoms with Gasteiger partial charge in [0.1, 0.15) is 5.82 Å². The first kappa shape index (κ1) is 12.2. The van der Waals surface area contributed by atoms with E-state index in [0.717, 1.165) is 17.2 Å². The maximum absolute atomic E-state index is 5.09. The van der Waals surface area contributed by atoms with E-state index >= 15 is 0 Å². The molecule has 0 spiro atoms. The highest BCUT2D eigenvalue weighted by atomic mass is 16.5. The number of aryl methyl sites for hydroxylation is 2. The summed E-state index contributed by atoms with van der Waals surface area (Å²) in [7, 11) is 1.58. The SMILES string of the molecule is COc1cc(C)nc(NCc2ccnc(C)n2)n1. The van der Waals surface area contributed by atoms with Crippen LogP contribution in [0.3, 0.4) is 0 Å². The van der Waals surface area contributed by atoms with Gasteiger partial charge in [-0.05, 0) is 19.9 Å². The molecule has 6 nitrogen and oxygen atoms in total. The Labute approximate surface area is 105 Å². The Kier molecular flexibility index (Phi) is 3.66. The molecule has 0 fully saturated rings. The third-order valence-electron chi connectivity index (χ3n) is 2.30. The summed E-state index contributed by atoms with van der Waals surface area (Å²) in [6, 6.07) is 3.63. The molecule has 0 aromatic carbocycles. The summed E-state index contributed by atoms with van der Waals surface area (Å²) in [5, 5.41) is 3.11. The predicted molar refractivity (Wildman–Crippen MR) is 67.4 cm³/mol. The summed E-state index contributed by atoms with van der Waals surface area (Å²) < 4.78 is 5.09. The number of hydrogen-bond donors (Lipinski definition) is 1. The smallest absolute Gasteiger partial charge is 0.226 e. The lowest BCUT2D eigenvalue weighted by Crippen LogP contribution is -2.07. The van der Waals surface area contributed by atoms with Crippen LogP contribution in [-0.2, 0) is 6.54 Å². The van der Waals surface area contributed by atoms with Crippen LogP contribution in [0.4, 0.5) is 5.95 Å². The summed E-state index contributed by atoms with van der Waals surface area (Å²) in [5.74, 6) is 1.82. The minimum atomic E-state index is 0.531. The molecule has 0 saturated heterocycles. The summed E-state index contributed by atoms with van der Waals surface area (Å²) >= 11 is 0. The number of nitrogens with one attached hydrogen (secondary N) is 1. The monoisotopic (exact) mass is 245 g/mol. The van der Waals surface area contributed by atoms with Gasteiger partial charge < -0.3 is 10.1 Å². The fraction of sp³-hybridized carbons (Fsp3) is 0.333. The zero-order chi connectivity index (χ0) is 13.0. The lowest BCUT2D eigenvalue weighted by atomic mass is 10.4. The Morgan fingerprint density at radius 3 is 2.78 bits per heavy atom. The van der Waals surface area contributed by atoms with Crippen LogP contribution in [0.15, 0.2) is 18.3 Å². The number of anilines is 1. The summed E-state index contributed by atoms with van der Waals surface area (Å²) in [4.78, 5) is 16.8. The van der Waals surface area contributed by atoms with Crippen LogP contribution in [0.1, 0.15) is 17.2 Å². The van der Waals surface area contributed by atoms with E-state index in [1.165, 1.54) is 0 Å². The van der Waals surface area contributed by atoms with Gasteiger partial charge in [-0.2, -0.15) is 4.98 Å². The van der Waals surface area contributed by atoms with Gasteiger partial charge >= 0.3 is 0 Å². The topological polar surface area (TPSA) is 72.8 Å². The van der Waals surface area contributed by atoms with E-state index in [4.69, 9.17) is 4.74 Å². The van der Waals surface area contributed by atoms with E-state index in [2.05, 4.69) is 25.3 Å². The van der Waals surface area contributed by atoms with Crippen LogP contribution >= 0.6 is 0 Å². The van der Waals surface area contributed by atoms with Crippen molar-refractivity contribution in [3.8, 4) is 5.88 Å². The van der Waals surface area contributed by atoms with Crippen molar-refractivity contribution in [1.29, 1.82) is 0 Å². The molecule has 0 atom stereocenters. The fourth-order valence-electron chi connectivity index (χ4n) is 1.50. The van der Waals surface area contributed by atoms with Crippen molar-refractivity contribution < 1.29 is 4.74 Å². The fourth-order valence-corrected chi connectivity index (χ4v) is 1.50. The molecule has 0 unspecified atom stereocenters. The molecule has 6 heteroatoms. The molecule has 0 aliphatic heterocycles. The highest BCUT2D eigenvalue weighted by molar-refractivity contribution is 5.31. The Morgan fingerprint density at radius 2 is 2.06 bits per heavy atom. The highest BCUT2D eigenvalue weighted by Gasteiger charge is 2.02. The van der Waals surface area contributed by atoms with E-state index < -0.39 is 0 Å². The molecule has 0 amide bonds.